The van der Waals surface area contributed by atoms with Crippen molar-refractivity contribution in [1.29, 1.82) is 0 Å². The Bertz CT molecular complexity index is 444. The van der Waals surface area contributed by atoms with Gasteiger partial charge in [0.25, 0.3) is 0 Å². The van der Waals surface area contributed by atoms with Crippen molar-refractivity contribution in [3.8, 4) is 0 Å². The van der Waals surface area contributed by atoms with Gasteiger partial charge in [-0.05, 0) is 25.2 Å². The first-order valence-electron chi connectivity index (χ1n) is 7.41. The van der Waals surface area contributed by atoms with Crippen molar-refractivity contribution >= 4 is 11.6 Å². The van der Waals surface area contributed by atoms with Crippen molar-refractivity contribution in [2.24, 2.45) is 13.0 Å². The van der Waals surface area contributed by atoms with Gasteiger partial charge in [-0.2, -0.15) is 5.10 Å². The van der Waals surface area contributed by atoms with Crippen LogP contribution in [0.4, 0.5) is 0 Å². The van der Waals surface area contributed by atoms with E-state index in [1.54, 1.807) is 0 Å². The van der Waals surface area contributed by atoms with E-state index < -0.39 is 5.60 Å². The molecular weight excluding hydrogens is 260 g/mol. The second-order valence-corrected chi connectivity index (χ2v) is 6.33. The molecule has 2 rings (SSSR count). The molecule has 0 radical (unpaired) electrons. The molecule has 1 N–H and O–H groups in total. The van der Waals surface area contributed by atoms with Gasteiger partial charge in [0.2, 0.25) is 0 Å². The summed E-state index contributed by atoms with van der Waals surface area (Å²) >= 11 is 6.39. The first-order chi connectivity index (χ1) is 8.99. The number of aromatic nitrogens is 2. The molecule has 0 saturated heterocycles. The lowest BCUT2D eigenvalue weighted by molar-refractivity contribution is -0.0175. The molecule has 1 aromatic rings. The first-order valence-corrected chi connectivity index (χ1v) is 7.79. The highest BCUT2D eigenvalue weighted by Gasteiger charge is 2.35. The molecule has 108 valence electrons. The lowest BCUT2D eigenvalue weighted by Gasteiger charge is -2.36. The van der Waals surface area contributed by atoms with Crippen molar-refractivity contribution in [3.05, 3.63) is 16.4 Å². The molecule has 2 unspecified atom stereocenters. The highest BCUT2D eigenvalue weighted by Crippen LogP contribution is 2.37. The van der Waals surface area contributed by atoms with Crippen LogP contribution in [-0.2, 0) is 19.9 Å². The van der Waals surface area contributed by atoms with Crippen LogP contribution >= 0.6 is 11.6 Å². The van der Waals surface area contributed by atoms with Crippen LogP contribution in [0.5, 0.6) is 0 Å². The molecule has 19 heavy (non-hydrogen) atoms. The third kappa shape index (κ3) is 3.14. The first kappa shape index (κ1) is 14.9. The number of aliphatic hydroxyl groups is 1. The summed E-state index contributed by atoms with van der Waals surface area (Å²) in [7, 11) is 1.92. The average Bonchev–Trinajstić information content (AvgIpc) is 2.66. The van der Waals surface area contributed by atoms with E-state index in [0.29, 0.717) is 12.3 Å². The highest BCUT2D eigenvalue weighted by atomic mass is 35.5. The van der Waals surface area contributed by atoms with E-state index in [9.17, 15) is 5.11 Å². The molecule has 3 nitrogen and oxygen atoms in total. The molecule has 1 saturated carbocycles. The standard InChI is InChI=1S/C15H25ClN2O/c1-4-11-7-6-8-15(19,9-11)10-13-14(16)12(5-2)17-18(13)3/h11,19H,4-10H2,1-3H3. The summed E-state index contributed by atoms with van der Waals surface area (Å²) in [6.45, 7) is 4.27. The van der Waals surface area contributed by atoms with Crippen LogP contribution in [-0.4, -0.2) is 20.5 Å². The summed E-state index contributed by atoms with van der Waals surface area (Å²) in [5, 5.41) is 16.0. The quantitative estimate of drug-likeness (QED) is 0.919. The summed E-state index contributed by atoms with van der Waals surface area (Å²) in [6, 6.07) is 0. The van der Waals surface area contributed by atoms with Crippen molar-refractivity contribution in [2.75, 3.05) is 0 Å². The van der Waals surface area contributed by atoms with Gasteiger partial charge in [-0.25, -0.2) is 0 Å². The van der Waals surface area contributed by atoms with E-state index in [0.717, 1.165) is 48.5 Å². The smallest absolute Gasteiger partial charge is 0.0850 e. The summed E-state index contributed by atoms with van der Waals surface area (Å²) in [5.74, 6) is 0.649. The van der Waals surface area contributed by atoms with E-state index in [1.165, 1.54) is 6.42 Å². The summed E-state index contributed by atoms with van der Waals surface area (Å²) in [6.07, 6.45) is 6.76. The van der Waals surface area contributed by atoms with Gasteiger partial charge in [0.1, 0.15) is 0 Å². The molecule has 0 aliphatic heterocycles. The Morgan fingerprint density at radius 1 is 1.47 bits per heavy atom. The zero-order valence-electron chi connectivity index (χ0n) is 12.2. The van der Waals surface area contributed by atoms with Gasteiger partial charge >= 0.3 is 0 Å². The Kier molecular flexibility index (Phi) is 4.57. The second kappa shape index (κ2) is 5.84. The van der Waals surface area contributed by atoms with Gasteiger partial charge in [-0.1, -0.05) is 44.7 Å². The van der Waals surface area contributed by atoms with Gasteiger partial charge in [0.15, 0.2) is 0 Å². The average molecular weight is 285 g/mol. The normalized spacial score (nSPS) is 27.7. The van der Waals surface area contributed by atoms with Gasteiger partial charge in [-0.15, -0.1) is 0 Å². The minimum absolute atomic E-state index is 0.596. The number of nitrogens with zero attached hydrogens (tertiary/aromatic N) is 2. The van der Waals surface area contributed by atoms with Crippen LogP contribution in [0.1, 0.15) is 57.3 Å². The zero-order chi connectivity index (χ0) is 14.0. The van der Waals surface area contributed by atoms with Crippen molar-refractivity contribution in [3.63, 3.8) is 0 Å². The highest BCUT2D eigenvalue weighted by molar-refractivity contribution is 6.31. The Morgan fingerprint density at radius 2 is 2.21 bits per heavy atom. The maximum atomic E-state index is 10.9. The summed E-state index contributed by atoms with van der Waals surface area (Å²) < 4.78 is 1.84. The van der Waals surface area contributed by atoms with Crippen LogP contribution in [0.25, 0.3) is 0 Å². The van der Waals surface area contributed by atoms with E-state index in [-0.39, 0.29) is 0 Å². The van der Waals surface area contributed by atoms with Gasteiger partial charge in [-0.3, -0.25) is 4.68 Å². The Morgan fingerprint density at radius 3 is 2.79 bits per heavy atom. The molecule has 2 atom stereocenters. The molecule has 0 amide bonds. The summed E-state index contributed by atoms with van der Waals surface area (Å²) in [4.78, 5) is 0. The fourth-order valence-corrected chi connectivity index (χ4v) is 3.65. The molecule has 1 fully saturated rings. The van der Waals surface area contributed by atoms with E-state index in [4.69, 9.17) is 11.6 Å². The molecule has 1 aliphatic rings. The van der Waals surface area contributed by atoms with Crippen LogP contribution < -0.4 is 0 Å². The predicted molar refractivity (Wildman–Crippen MR) is 78.5 cm³/mol. The molecule has 1 aliphatic carbocycles. The minimum atomic E-state index is -0.596. The third-order valence-electron chi connectivity index (χ3n) is 4.50. The van der Waals surface area contributed by atoms with Crippen LogP contribution in [0.15, 0.2) is 0 Å². The number of aryl methyl sites for hydroxylation is 2. The number of halogens is 1. The van der Waals surface area contributed by atoms with Crippen LogP contribution in [0.2, 0.25) is 5.02 Å². The molecular formula is C15H25ClN2O. The number of hydrogen-bond acceptors (Lipinski definition) is 2. The fourth-order valence-electron chi connectivity index (χ4n) is 3.29. The molecule has 4 heteroatoms. The minimum Gasteiger partial charge on any atom is -0.389 e. The molecule has 1 aromatic heterocycles. The topological polar surface area (TPSA) is 38.0 Å². The fraction of sp³-hybridized carbons (Fsp3) is 0.800. The van der Waals surface area contributed by atoms with Crippen molar-refractivity contribution in [1.82, 2.24) is 9.78 Å². The van der Waals surface area contributed by atoms with E-state index in [2.05, 4.69) is 18.9 Å². The van der Waals surface area contributed by atoms with Crippen molar-refractivity contribution in [2.45, 2.75) is 64.4 Å². The van der Waals surface area contributed by atoms with Crippen molar-refractivity contribution < 1.29 is 5.11 Å². The monoisotopic (exact) mass is 284 g/mol. The Labute approximate surface area is 121 Å². The molecule has 0 bridgehead atoms. The predicted octanol–water partition coefficient (Wildman–Crippen LogP) is 3.51. The molecule has 0 spiro atoms. The Balaban J connectivity index is 2.18. The zero-order valence-corrected chi connectivity index (χ0v) is 13.0. The lowest BCUT2D eigenvalue weighted by atomic mass is 9.75. The largest absolute Gasteiger partial charge is 0.389 e. The van der Waals surface area contributed by atoms with Gasteiger partial charge in [0.05, 0.1) is 22.0 Å². The second-order valence-electron chi connectivity index (χ2n) is 5.96. The number of rotatable bonds is 4. The van der Waals surface area contributed by atoms with Gasteiger partial charge < -0.3 is 5.11 Å². The number of hydrogen-bond donors (Lipinski definition) is 1. The molecule has 1 heterocycles. The van der Waals surface area contributed by atoms with Gasteiger partial charge in [0, 0.05) is 13.5 Å². The summed E-state index contributed by atoms with van der Waals surface area (Å²) in [5.41, 5.74) is 1.32. The Hall–Kier alpha value is -0.540. The van der Waals surface area contributed by atoms with E-state index >= 15 is 0 Å². The molecule has 0 aromatic carbocycles. The van der Waals surface area contributed by atoms with Crippen LogP contribution in [0.3, 0.4) is 0 Å². The van der Waals surface area contributed by atoms with E-state index in [1.807, 2.05) is 11.7 Å². The SMILES string of the molecule is CCc1nn(C)c(CC2(O)CCCC(CC)C2)c1Cl. The maximum absolute atomic E-state index is 10.9. The maximum Gasteiger partial charge on any atom is 0.0850 e. The lowest BCUT2D eigenvalue weighted by Crippen LogP contribution is -2.38. The van der Waals surface area contributed by atoms with Crippen LogP contribution in [0, 0.1) is 5.92 Å². The third-order valence-corrected chi connectivity index (χ3v) is 4.94.